The van der Waals surface area contributed by atoms with E-state index in [1.807, 2.05) is 57.2 Å². The zero-order valence-electron chi connectivity index (χ0n) is 34.6. The summed E-state index contributed by atoms with van der Waals surface area (Å²) in [5.41, 5.74) is 7.24. The third-order valence-corrected chi connectivity index (χ3v) is 12.0. The molecule has 0 aromatic heterocycles. The molecule has 3 amide bonds. The third kappa shape index (κ3) is 12.2. The molecule has 11 heteroatoms. The van der Waals surface area contributed by atoms with Crippen LogP contribution in [0.2, 0.25) is 0 Å². The van der Waals surface area contributed by atoms with Gasteiger partial charge in [-0.2, -0.15) is 0 Å². The summed E-state index contributed by atoms with van der Waals surface area (Å²) in [6, 6.07) is 24.6. The number of carbonyl (C=O) groups excluding carboxylic acids is 3. The molecule has 0 spiro atoms. The lowest BCUT2D eigenvalue weighted by Gasteiger charge is -2.50. The van der Waals surface area contributed by atoms with E-state index in [1.165, 1.54) is 19.3 Å². The molecule has 0 radical (unpaired) electrons. The number of hydrogen-bond donors (Lipinski definition) is 5. The predicted molar refractivity (Wildman–Crippen MR) is 223 cm³/mol. The first-order chi connectivity index (χ1) is 28.0. The average Bonchev–Trinajstić information content (AvgIpc) is 3.23. The maximum Gasteiger partial charge on any atom is 0.243 e. The highest BCUT2D eigenvalue weighted by Gasteiger charge is 2.44. The van der Waals surface area contributed by atoms with Crippen LogP contribution in [0.5, 0.6) is 0 Å². The Morgan fingerprint density at radius 1 is 0.776 bits per heavy atom. The first-order valence-corrected chi connectivity index (χ1v) is 21.5. The van der Waals surface area contributed by atoms with Crippen molar-refractivity contribution < 1.29 is 34.2 Å². The van der Waals surface area contributed by atoms with Gasteiger partial charge in [-0.25, -0.2) is 5.48 Å². The van der Waals surface area contributed by atoms with Crippen LogP contribution in [0.1, 0.15) is 139 Å². The van der Waals surface area contributed by atoms with Gasteiger partial charge in [0.25, 0.3) is 0 Å². The number of nitrogens with zero attached hydrogens (tertiary/aromatic N) is 1. The van der Waals surface area contributed by atoms with Crippen LogP contribution in [0.25, 0.3) is 11.1 Å². The van der Waals surface area contributed by atoms with Crippen LogP contribution in [-0.2, 0) is 37.0 Å². The van der Waals surface area contributed by atoms with Gasteiger partial charge in [0.05, 0.1) is 24.9 Å². The molecule has 2 heterocycles. The van der Waals surface area contributed by atoms with E-state index in [2.05, 4.69) is 51.9 Å². The number of likely N-dealkylation sites (tertiary alicyclic amines) is 1. The van der Waals surface area contributed by atoms with Gasteiger partial charge in [-0.3, -0.25) is 24.5 Å². The molecule has 314 valence electrons. The molecule has 3 aromatic carbocycles. The van der Waals surface area contributed by atoms with E-state index in [9.17, 15) is 19.5 Å². The van der Waals surface area contributed by atoms with E-state index in [0.29, 0.717) is 44.3 Å². The number of piperidine rings is 1. The number of fused-ring (bicyclic) bond motifs is 1. The van der Waals surface area contributed by atoms with Gasteiger partial charge in [0.2, 0.25) is 17.7 Å². The Hall–Kier alpha value is -4.13. The van der Waals surface area contributed by atoms with Crippen molar-refractivity contribution in [1.82, 2.24) is 21.0 Å². The summed E-state index contributed by atoms with van der Waals surface area (Å²) >= 11 is 0. The Morgan fingerprint density at radius 2 is 1.48 bits per heavy atom. The van der Waals surface area contributed by atoms with Crippen molar-refractivity contribution in [3.8, 4) is 11.1 Å². The van der Waals surface area contributed by atoms with Crippen molar-refractivity contribution in [3.05, 3.63) is 95.1 Å². The summed E-state index contributed by atoms with van der Waals surface area (Å²) in [5.74, 6) is 0.323. The molecule has 6 atom stereocenters. The molecule has 3 aromatic rings. The summed E-state index contributed by atoms with van der Waals surface area (Å²) in [6.45, 7) is 7.20. The number of carbonyl (C=O) groups is 3. The SMILES string of the molecule is CC(C)(C)NC(=O)C1CCC2CCCCC2N1CC1CC(c2ccc(CO)cc2)OC(c2ccc(-c3cccc(CNC(=O)CCCCCCC(=O)NO)c3)cc2)O1. The van der Waals surface area contributed by atoms with E-state index in [4.69, 9.17) is 14.7 Å². The highest BCUT2D eigenvalue weighted by atomic mass is 16.7. The number of aliphatic hydroxyl groups excluding tert-OH is 1. The van der Waals surface area contributed by atoms with Gasteiger partial charge >= 0.3 is 0 Å². The maximum atomic E-state index is 13.8. The Balaban J connectivity index is 1.13. The normalized spacial score (nSPS) is 23.7. The van der Waals surface area contributed by atoms with Gasteiger partial charge in [0, 0.05) is 49.5 Å². The van der Waals surface area contributed by atoms with Gasteiger partial charge in [0.1, 0.15) is 0 Å². The Kier molecular flexibility index (Phi) is 15.5. The quantitative estimate of drug-likeness (QED) is 0.0561. The number of rotatable bonds is 16. The standard InChI is InChI=1S/C47H64N4O7/c1-47(2,3)49-45(55)41-26-25-35-12-8-9-14-40(35)51(41)30-39-28-42(36-19-17-32(31-52)18-20-36)58-46(57-39)37-23-21-34(22-24-37)38-13-10-11-33(27-38)29-48-43(53)15-6-4-5-7-16-44(54)50-56/h10-11,13,17-24,27,35,39-42,46,52,56H,4-9,12,14-16,25-26,28-31H2,1-3H3,(H,48,53)(H,49,55)(H,50,54). The van der Waals surface area contributed by atoms with Crippen molar-refractivity contribution >= 4 is 17.7 Å². The first-order valence-electron chi connectivity index (χ1n) is 21.5. The van der Waals surface area contributed by atoms with Crippen LogP contribution in [0.4, 0.5) is 0 Å². The van der Waals surface area contributed by atoms with E-state index in [0.717, 1.165) is 71.9 Å². The Bertz CT molecular complexity index is 1790. The van der Waals surface area contributed by atoms with Gasteiger partial charge < -0.3 is 25.2 Å². The first kappa shape index (κ1) is 43.4. The van der Waals surface area contributed by atoms with Gasteiger partial charge in [-0.15, -0.1) is 0 Å². The monoisotopic (exact) mass is 796 g/mol. The van der Waals surface area contributed by atoms with Crippen LogP contribution < -0.4 is 16.1 Å². The fraction of sp³-hybridized carbons (Fsp3) is 0.553. The topological polar surface area (TPSA) is 149 Å². The zero-order valence-corrected chi connectivity index (χ0v) is 34.6. The third-order valence-electron chi connectivity index (χ3n) is 12.0. The summed E-state index contributed by atoms with van der Waals surface area (Å²) in [6.07, 6.45) is 10.2. The molecule has 1 aliphatic carbocycles. The number of ether oxygens (including phenoxy) is 2. The molecule has 3 fully saturated rings. The smallest absolute Gasteiger partial charge is 0.243 e. The van der Waals surface area contributed by atoms with Crippen LogP contribution in [0.3, 0.4) is 0 Å². The summed E-state index contributed by atoms with van der Waals surface area (Å²) in [5, 5.41) is 24.6. The van der Waals surface area contributed by atoms with Gasteiger partial charge in [-0.05, 0) is 99.1 Å². The molecule has 58 heavy (non-hydrogen) atoms. The molecule has 6 rings (SSSR count). The molecular formula is C47H64N4O7. The van der Waals surface area contributed by atoms with Crippen molar-refractivity contribution in [1.29, 1.82) is 0 Å². The Morgan fingerprint density at radius 3 is 2.19 bits per heavy atom. The predicted octanol–water partition coefficient (Wildman–Crippen LogP) is 7.79. The maximum absolute atomic E-state index is 13.8. The van der Waals surface area contributed by atoms with Gasteiger partial charge in [-0.1, -0.05) is 92.4 Å². The summed E-state index contributed by atoms with van der Waals surface area (Å²) in [7, 11) is 0. The van der Waals surface area contributed by atoms with E-state index < -0.39 is 6.29 Å². The minimum atomic E-state index is -0.606. The van der Waals surface area contributed by atoms with Crippen LogP contribution >= 0.6 is 0 Å². The molecule has 2 saturated heterocycles. The lowest BCUT2D eigenvalue weighted by molar-refractivity contribution is -0.255. The molecule has 0 bridgehead atoms. The highest BCUT2D eigenvalue weighted by Crippen LogP contribution is 2.42. The summed E-state index contributed by atoms with van der Waals surface area (Å²) in [4.78, 5) is 40.0. The van der Waals surface area contributed by atoms with E-state index in [1.54, 1.807) is 5.48 Å². The lowest BCUT2D eigenvalue weighted by atomic mass is 9.75. The number of hydrogen-bond acceptors (Lipinski definition) is 8. The molecule has 11 nitrogen and oxygen atoms in total. The highest BCUT2D eigenvalue weighted by molar-refractivity contribution is 5.82. The number of hydroxylamine groups is 1. The number of benzene rings is 3. The fourth-order valence-corrected chi connectivity index (χ4v) is 8.96. The van der Waals surface area contributed by atoms with Crippen molar-refractivity contribution in [2.75, 3.05) is 6.54 Å². The molecule has 5 N–H and O–H groups in total. The van der Waals surface area contributed by atoms with E-state index in [-0.39, 0.29) is 54.5 Å². The number of aliphatic hydroxyl groups is 1. The minimum Gasteiger partial charge on any atom is -0.392 e. The second-order valence-corrected chi connectivity index (χ2v) is 17.5. The second-order valence-electron chi connectivity index (χ2n) is 17.5. The lowest BCUT2D eigenvalue weighted by Crippen LogP contribution is -2.61. The second kappa shape index (κ2) is 20.7. The molecule has 3 aliphatic rings. The molecule has 6 unspecified atom stereocenters. The van der Waals surface area contributed by atoms with Gasteiger partial charge in [0.15, 0.2) is 6.29 Å². The van der Waals surface area contributed by atoms with Crippen molar-refractivity contribution in [2.24, 2.45) is 5.92 Å². The fourth-order valence-electron chi connectivity index (χ4n) is 8.96. The number of unbranched alkanes of at least 4 members (excludes halogenated alkanes) is 3. The molecule has 1 saturated carbocycles. The van der Waals surface area contributed by atoms with Crippen molar-refractivity contribution in [3.63, 3.8) is 0 Å². The number of nitrogens with one attached hydrogen (secondary N) is 3. The average molecular weight is 797 g/mol. The van der Waals surface area contributed by atoms with Crippen LogP contribution in [0, 0.1) is 5.92 Å². The van der Waals surface area contributed by atoms with E-state index >= 15 is 0 Å². The molecule has 2 aliphatic heterocycles. The van der Waals surface area contributed by atoms with Crippen LogP contribution in [-0.4, -0.2) is 63.2 Å². The summed E-state index contributed by atoms with van der Waals surface area (Å²) < 4.78 is 13.6. The zero-order chi connectivity index (χ0) is 41.1. The Labute approximate surface area is 344 Å². The van der Waals surface area contributed by atoms with Crippen LogP contribution in [0.15, 0.2) is 72.8 Å². The number of amides is 3. The minimum absolute atomic E-state index is 0.00109. The molecular weight excluding hydrogens is 733 g/mol. The van der Waals surface area contributed by atoms with Crippen molar-refractivity contribution in [2.45, 2.75) is 154 Å². The largest absolute Gasteiger partial charge is 0.392 e.